The lowest BCUT2D eigenvalue weighted by Gasteiger charge is -2.18. The number of pyridine rings is 1. The molecule has 4 heterocycles. The number of anilines is 1. The van der Waals surface area contributed by atoms with Gasteiger partial charge in [0.2, 0.25) is 5.95 Å². The van der Waals surface area contributed by atoms with E-state index in [9.17, 15) is 0 Å². The third-order valence-corrected chi connectivity index (χ3v) is 4.77. The van der Waals surface area contributed by atoms with Crippen molar-refractivity contribution in [1.29, 1.82) is 0 Å². The van der Waals surface area contributed by atoms with E-state index in [2.05, 4.69) is 36.3 Å². The highest BCUT2D eigenvalue weighted by molar-refractivity contribution is 6.30. The van der Waals surface area contributed by atoms with Crippen molar-refractivity contribution in [1.82, 2.24) is 34.7 Å². The first kappa shape index (κ1) is 16.0. The zero-order valence-electron chi connectivity index (χ0n) is 14.3. The van der Waals surface area contributed by atoms with Crippen molar-refractivity contribution in [3.05, 3.63) is 77.1 Å². The van der Waals surface area contributed by atoms with E-state index in [4.69, 9.17) is 11.6 Å². The van der Waals surface area contributed by atoms with E-state index in [-0.39, 0.29) is 0 Å². The number of rotatable bonds is 4. The molecule has 9 heteroatoms. The topological polar surface area (TPSA) is 77.5 Å². The Bertz CT molecular complexity index is 1050. The van der Waals surface area contributed by atoms with Crippen LogP contribution in [0.2, 0.25) is 5.02 Å². The molecule has 0 saturated heterocycles. The minimum Gasteiger partial charge on any atom is -0.330 e. The second-order valence-corrected chi connectivity index (χ2v) is 6.69. The normalized spacial score (nSPS) is 13.1. The van der Waals surface area contributed by atoms with Crippen LogP contribution < -0.4 is 4.90 Å². The third kappa shape index (κ3) is 2.93. The maximum absolute atomic E-state index is 6.07. The lowest BCUT2D eigenvalue weighted by atomic mass is 10.2. The van der Waals surface area contributed by atoms with Crippen molar-refractivity contribution in [2.24, 2.45) is 0 Å². The number of aromatic nitrogens is 7. The van der Waals surface area contributed by atoms with Crippen LogP contribution in [0.5, 0.6) is 0 Å². The Morgan fingerprint density at radius 2 is 1.74 bits per heavy atom. The lowest BCUT2D eigenvalue weighted by molar-refractivity contribution is 0.564. The van der Waals surface area contributed by atoms with Gasteiger partial charge < -0.3 is 4.90 Å². The summed E-state index contributed by atoms with van der Waals surface area (Å²) in [6.07, 6.45) is 5.11. The van der Waals surface area contributed by atoms with Crippen LogP contribution in [-0.2, 0) is 19.6 Å². The molecule has 0 fully saturated rings. The van der Waals surface area contributed by atoms with E-state index in [0.717, 1.165) is 29.7 Å². The summed E-state index contributed by atoms with van der Waals surface area (Å²) in [6.45, 7) is 1.86. The van der Waals surface area contributed by atoms with Crippen molar-refractivity contribution in [2.45, 2.75) is 19.6 Å². The molecule has 0 spiro atoms. The Kier molecular flexibility index (Phi) is 3.83. The van der Waals surface area contributed by atoms with Gasteiger partial charge in [0.25, 0.3) is 0 Å². The van der Waals surface area contributed by atoms with Crippen LogP contribution in [0, 0.1) is 0 Å². The van der Waals surface area contributed by atoms with Crippen molar-refractivity contribution < 1.29 is 0 Å². The number of fused-ring (bicyclic) bond motifs is 1. The maximum Gasteiger partial charge on any atom is 0.232 e. The smallest absolute Gasteiger partial charge is 0.232 e. The molecule has 134 valence electrons. The third-order valence-electron chi connectivity index (χ3n) is 4.52. The van der Waals surface area contributed by atoms with E-state index >= 15 is 0 Å². The van der Waals surface area contributed by atoms with Gasteiger partial charge in [-0.3, -0.25) is 9.55 Å². The molecule has 3 aromatic heterocycles. The molecule has 5 rings (SSSR count). The molecule has 1 aliphatic heterocycles. The monoisotopic (exact) mass is 378 g/mol. The zero-order valence-corrected chi connectivity index (χ0v) is 15.0. The molecule has 0 N–H and O–H groups in total. The van der Waals surface area contributed by atoms with E-state index in [1.165, 1.54) is 5.56 Å². The van der Waals surface area contributed by atoms with Gasteiger partial charge in [0.15, 0.2) is 5.82 Å². The van der Waals surface area contributed by atoms with Crippen molar-refractivity contribution in [3.8, 4) is 5.69 Å². The Labute approximate surface area is 160 Å². The average molecular weight is 379 g/mol. The number of nitrogens with zero attached hydrogens (tertiary/aromatic N) is 8. The van der Waals surface area contributed by atoms with Crippen LogP contribution in [0.4, 0.5) is 5.95 Å². The molecule has 27 heavy (non-hydrogen) atoms. The number of halogens is 1. The molecule has 0 radical (unpaired) electrons. The van der Waals surface area contributed by atoms with Crippen LogP contribution in [-0.4, -0.2) is 34.7 Å². The predicted octanol–water partition coefficient (Wildman–Crippen LogP) is 2.48. The lowest BCUT2D eigenvalue weighted by Crippen LogP contribution is -2.20. The Hall–Kier alpha value is -3.26. The second-order valence-electron chi connectivity index (χ2n) is 6.25. The van der Waals surface area contributed by atoms with E-state index in [1.54, 1.807) is 17.2 Å². The first-order chi connectivity index (χ1) is 13.3. The van der Waals surface area contributed by atoms with Crippen LogP contribution in [0.1, 0.15) is 17.1 Å². The minimum absolute atomic E-state index is 0.418. The largest absolute Gasteiger partial charge is 0.330 e. The average Bonchev–Trinajstić information content (AvgIpc) is 3.41. The molecule has 0 amide bonds. The molecule has 0 unspecified atom stereocenters. The van der Waals surface area contributed by atoms with Crippen molar-refractivity contribution in [2.75, 3.05) is 4.90 Å². The van der Waals surface area contributed by atoms with Gasteiger partial charge >= 0.3 is 0 Å². The molecule has 0 aliphatic carbocycles. The minimum atomic E-state index is 0.418. The zero-order chi connectivity index (χ0) is 18.2. The predicted molar refractivity (Wildman–Crippen MR) is 99.6 cm³/mol. The maximum atomic E-state index is 6.07. The molecular formula is C18H15ClN8. The van der Waals surface area contributed by atoms with Gasteiger partial charge in [-0.25, -0.2) is 0 Å². The summed E-state index contributed by atoms with van der Waals surface area (Å²) >= 11 is 6.07. The number of hydrogen-bond donors (Lipinski definition) is 0. The van der Waals surface area contributed by atoms with E-state index in [0.29, 0.717) is 18.1 Å². The van der Waals surface area contributed by atoms with Crippen LogP contribution in [0.25, 0.3) is 5.69 Å². The van der Waals surface area contributed by atoms with Crippen LogP contribution in [0.15, 0.2) is 55.0 Å². The second kappa shape index (κ2) is 6.48. The van der Waals surface area contributed by atoms with Crippen LogP contribution in [0.3, 0.4) is 0 Å². The molecule has 0 saturated carbocycles. The van der Waals surface area contributed by atoms with E-state index < -0.39 is 0 Å². The standard InChI is InChI=1S/C18H15ClN8/c19-14-3-5-15(6-4-14)27-17(12-26-21-8-9-22-26)23-24-18(27)25-10-13-2-1-7-20-16(13)11-25/h1-9H,10-12H2. The summed E-state index contributed by atoms with van der Waals surface area (Å²) in [4.78, 5) is 8.23. The Morgan fingerprint density at radius 1 is 0.926 bits per heavy atom. The summed E-state index contributed by atoms with van der Waals surface area (Å²) in [7, 11) is 0. The first-order valence-electron chi connectivity index (χ1n) is 8.50. The molecule has 0 bridgehead atoms. The summed E-state index contributed by atoms with van der Waals surface area (Å²) in [5, 5.41) is 17.9. The quantitative estimate of drug-likeness (QED) is 0.543. The molecular weight excluding hydrogens is 364 g/mol. The van der Waals surface area contributed by atoms with Gasteiger partial charge in [0, 0.05) is 17.8 Å². The van der Waals surface area contributed by atoms with Gasteiger partial charge in [-0.2, -0.15) is 15.0 Å². The Balaban J connectivity index is 1.57. The number of hydrogen-bond acceptors (Lipinski definition) is 6. The number of benzene rings is 1. The summed E-state index contributed by atoms with van der Waals surface area (Å²) in [5.41, 5.74) is 3.21. The summed E-state index contributed by atoms with van der Waals surface area (Å²) in [5.74, 6) is 1.50. The van der Waals surface area contributed by atoms with Crippen molar-refractivity contribution >= 4 is 17.5 Å². The Morgan fingerprint density at radius 3 is 2.52 bits per heavy atom. The molecule has 1 aliphatic rings. The van der Waals surface area contributed by atoms with Gasteiger partial charge in [0.1, 0.15) is 6.54 Å². The fraction of sp³-hybridized carbons (Fsp3) is 0.167. The van der Waals surface area contributed by atoms with Gasteiger partial charge in [0.05, 0.1) is 30.3 Å². The SMILES string of the molecule is Clc1ccc(-n2c(Cn3nccn3)nnc2N2Cc3cccnc3C2)cc1. The fourth-order valence-corrected chi connectivity index (χ4v) is 3.39. The molecule has 8 nitrogen and oxygen atoms in total. The first-order valence-corrected chi connectivity index (χ1v) is 8.88. The van der Waals surface area contributed by atoms with Crippen LogP contribution >= 0.6 is 11.6 Å². The van der Waals surface area contributed by atoms with Gasteiger partial charge in [-0.1, -0.05) is 17.7 Å². The summed E-state index contributed by atoms with van der Waals surface area (Å²) < 4.78 is 2.02. The van der Waals surface area contributed by atoms with Crippen molar-refractivity contribution in [3.63, 3.8) is 0 Å². The molecule has 4 aromatic rings. The molecule has 0 atom stereocenters. The molecule has 1 aromatic carbocycles. The fourth-order valence-electron chi connectivity index (χ4n) is 3.26. The van der Waals surface area contributed by atoms with Gasteiger partial charge in [-0.05, 0) is 35.9 Å². The highest BCUT2D eigenvalue weighted by Crippen LogP contribution is 2.29. The van der Waals surface area contributed by atoms with Gasteiger partial charge in [-0.15, -0.1) is 10.2 Å². The highest BCUT2D eigenvalue weighted by Gasteiger charge is 2.26. The highest BCUT2D eigenvalue weighted by atomic mass is 35.5. The van der Waals surface area contributed by atoms with E-state index in [1.807, 2.05) is 41.1 Å². The summed E-state index contributed by atoms with van der Waals surface area (Å²) in [6, 6.07) is 11.7.